The number of aromatic nitrogens is 2. The molecular weight excluding hydrogens is 396 g/mol. The molecule has 0 amide bonds. The fourth-order valence-electron chi connectivity index (χ4n) is 4.01. The number of aryl methyl sites for hydroxylation is 1. The summed E-state index contributed by atoms with van der Waals surface area (Å²) in [5.41, 5.74) is 5.10. The number of hydrogen-bond acceptors (Lipinski definition) is 3. The SMILES string of the molecule is CCOC1=CC(c2ccc[nH]2)=NC1=Cc1ccc(CCCCCCCCCCCC#N)[nH]1. The maximum atomic E-state index is 8.54. The van der Waals surface area contributed by atoms with Gasteiger partial charge in [-0.2, -0.15) is 5.26 Å². The van der Waals surface area contributed by atoms with Gasteiger partial charge in [-0.3, -0.25) is 0 Å². The number of H-pyrrole nitrogens is 2. The molecule has 5 heteroatoms. The van der Waals surface area contributed by atoms with E-state index in [4.69, 9.17) is 15.0 Å². The summed E-state index contributed by atoms with van der Waals surface area (Å²) < 4.78 is 5.80. The Balaban J connectivity index is 1.39. The van der Waals surface area contributed by atoms with Crippen molar-refractivity contribution >= 4 is 11.8 Å². The second-order valence-corrected chi connectivity index (χ2v) is 8.33. The number of unbranched alkanes of at least 4 members (excludes halogenated alkanes) is 9. The highest BCUT2D eigenvalue weighted by Crippen LogP contribution is 2.25. The first kappa shape index (κ1) is 23.7. The lowest BCUT2D eigenvalue weighted by atomic mass is 10.1. The third-order valence-corrected chi connectivity index (χ3v) is 5.73. The average molecular weight is 433 g/mol. The molecule has 0 fully saturated rings. The summed E-state index contributed by atoms with van der Waals surface area (Å²) in [5.74, 6) is 0.818. The fourth-order valence-corrected chi connectivity index (χ4v) is 4.01. The number of nitrogens with zero attached hydrogens (tertiary/aromatic N) is 2. The molecule has 170 valence electrons. The van der Waals surface area contributed by atoms with E-state index in [0.717, 1.165) is 41.4 Å². The quantitative estimate of drug-likeness (QED) is 0.295. The van der Waals surface area contributed by atoms with E-state index in [1.807, 2.05) is 31.3 Å². The van der Waals surface area contributed by atoms with E-state index in [-0.39, 0.29) is 0 Å². The highest BCUT2D eigenvalue weighted by molar-refractivity contribution is 6.11. The van der Waals surface area contributed by atoms with Gasteiger partial charge in [0, 0.05) is 30.1 Å². The summed E-state index contributed by atoms with van der Waals surface area (Å²) in [4.78, 5) is 11.5. The van der Waals surface area contributed by atoms with Gasteiger partial charge in [-0.05, 0) is 56.5 Å². The predicted molar refractivity (Wildman–Crippen MR) is 131 cm³/mol. The van der Waals surface area contributed by atoms with E-state index in [0.29, 0.717) is 13.0 Å². The lowest BCUT2D eigenvalue weighted by Gasteiger charge is -2.04. The molecule has 1 aliphatic heterocycles. The number of aromatic amines is 2. The van der Waals surface area contributed by atoms with E-state index in [1.165, 1.54) is 57.1 Å². The van der Waals surface area contributed by atoms with Crippen LogP contribution in [0.1, 0.15) is 88.2 Å². The van der Waals surface area contributed by atoms with Gasteiger partial charge in [0.25, 0.3) is 0 Å². The van der Waals surface area contributed by atoms with Crippen LogP contribution in [0.15, 0.2) is 53.0 Å². The molecule has 3 heterocycles. The third kappa shape index (κ3) is 7.60. The van der Waals surface area contributed by atoms with E-state index in [9.17, 15) is 0 Å². The molecule has 5 nitrogen and oxygen atoms in total. The Hall–Kier alpha value is -3.00. The topological polar surface area (TPSA) is 77.0 Å². The Bertz CT molecular complexity index is 941. The molecule has 0 radical (unpaired) electrons. The van der Waals surface area contributed by atoms with Crippen LogP contribution in [-0.2, 0) is 11.2 Å². The lowest BCUT2D eigenvalue weighted by Crippen LogP contribution is -1.94. The number of nitriles is 1. The molecule has 0 saturated heterocycles. The molecule has 0 saturated carbocycles. The number of aliphatic imine (C=N–C) groups is 1. The van der Waals surface area contributed by atoms with Crippen molar-refractivity contribution in [1.29, 1.82) is 5.26 Å². The molecule has 0 atom stereocenters. The summed E-state index contributed by atoms with van der Waals surface area (Å²) in [6, 6.07) is 10.5. The second kappa shape index (κ2) is 13.4. The number of rotatable bonds is 15. The standard InChI is InChI=1S/C27H36N4O/c1-2-32-27-21-25(24-15-13-19-29-24)31-26(27)20-23-17-16-22(30-23)14-11-9-7-5-3-4-6-8-10-12-18-28/h13,15-17,19-21,29-30H,2-12,14H2,1H3. The predicted octanol–water partition coefficient (Wildman–Crippen LogP) is 7.07. The van der Waals surface area contributed by atoms with E-state index < -0.39 is 0 Å². The van der Waals surface area contributed by atoms with Crippen molar-refractivity contribution in [3.05, 3.63) is 65.1 Å². The monoisotopic (exact) mass is 432 g/mol. The lowest BCUT2D eigenvalue weighted by molar-refractivity contribution is 0.239. The van der Waals surface area contributed by atoms with Gasteiger partial charge < -0.3 is 14.7 Å². The van der Waals surface area contributed by atoms with E-state index in [1.54, 1.807) is 0 Å². The molecule has 0 bridgehead atoms. The Morgan fingerprint density at radius 2 is 1.75 bits per heavy atom. The van der Waals surface area contributed by atoms with Gasteiger partial charge in [-0.1, -0.05) is 44.9 Å². The second-order valence-electron chi connectivity index (χ2n) is 8.33. The average Bonchev–Trinajstić information content (AvgIpc) is 3.55. The first-order chi connectivity index (χ1) is 15.8. The van der Waals surface area contributed by atoms with Gasteiger partial charge in [0.1, 0.15) is 11.5 Å². The normalized spacial score (nSPS) is 14.4. The molecule has 0 unspecified atom stereocenters. The molecule has 0 aliphatic carbocycles. The minimum atomic E-state index is 0.619. The van der Waals surface area contributed by atoms with Crippen molar-refractivity contribution in [2.45, 2.75) is 77.6 Å². The Morgan fingerprint density at radius 1 is 1.00 bits per heavy atom. The van der Waals surface area contributed by atoms with Crippen molar-refractivity contribution in [3.8, 4) is 6.07 Å². The van der Waals surface area contributed by atoms with E-state index in [2.05, 4.69) is 34.2 Å². The van der Waals surface area contributed by atoms with Crippen molar-refractivity contribution < 1.29 is 4.74 Å². The molecule has 2 aromatic rings. The summed E-state index contributed by atoms with van der Waals surface area (Å²) in [5, 5.41) is 8.54. The van der Waals surface area contributed by atoms with Crippen molar-refractivity contribution in [3.63, 3.8) is 0 Å². The summed E-state index contributed by atoms with van der Waals surface area (Å²) in [6.07, 6.45) is 19.1. The maximum Gasteiger partial charge on any atom is 0.147 e. The minimum absolute atomic E-state index is 0.619. The smallest absolute Gasteiger partial charge is 0.147 e. The van der Waals surface area contributed by atoms with Crippen LogP contribution in [-0.4, -0.2) is 22.3 Å². The number of hydrogen-bond donors (Lipinski definition) is 2. The van der Waals surface area contributed by atoms with Crippen LogP contribution in [0.4, 0.5) is 0 Å². The molecule has 1 aliphatic rings. The van der Waals surface area contributed by atoms with E-state index >= 15 is 0 Å². The van der Waals surface area contributed by atoms with Gasteiger partial charge >= 0.3 is 0 Å². The van der Waals surface area contributed by atoms with Gasteiger partial charge in [0.2, 0.25) is 0 Å². The molecule has 0 spiro atoms. The van der Waals surface area contributed by atoms with Crippen molar-refractivity contribution in [1.82, 2.24) is 9.97 Å². The van der Waals surface area contributed by atoms with Crippen molar-refractivity contribution in [2.24, 2.45) is 4.99 Å². The van der Waals surface area contributed by atoms with Gasteiger partial charge in [-0.15, -0.1) is 0 Å². The van der Waals surface area contributed by atoms with Crippen LogP contribution in [0.25, 0.3) is 6.08 Å². The fraction of sp³-hybridized carbons (Fsp3) is 0.481. The highest BCUT2D eigenvalue weighted by Gasteiger charge is 2.17. The van der Waals surface area contributed by atoms with Crippen LogP contribution in [0.5, 0.6) is 0 Å². The molecule has 2 N–H and O–H groups in total. The molecule has 0 aromatic carbocycles. The van der Waals surface area contributed by atoms with Crippen LogP contribution >= 0.6 is 0 Å². The molecular formula is C27H36N4O. The summed E-state index contributed by atoms with van der Waals surface area (Å²) >= 11 is 0. The van der Waals surface area contributed by atoms with Crippen molar-refractivity contribution in [2.75, 3.05) is 6.61 Å². The zero-order valence-corrected chi connectivity index (χ0v) is 19.3. The van der Waals surface area contributed by atoms with Gasteiger partial charge in [0.05, 0.1) is 24.1 Å². The maximum absolute atomic E-state index is 8.54. The van der Waals surface area contributed by atoms with Crippen LogP contribution < -0.4 is 0 Å². The summed E-state index contributed by atoms with van der Waals surface area (Å²) in [7, 11) is 0. The zero-order chi connectivity index (χ0) is 22.4. The van der Waals surface area contributed by atoms with Crippen LogP contribution in [0.2, 0.25) is 0 Å². The number of nitrogens with one attached hydrogen (secondary N) is 2. The van der Waals surface area contributed by atoms with Crippen LogP contribution in [0.3, 0.4) is 0 Å². The van der Waals surface area contributed by atoms with Gasteiger partial charge in [-0.25, -0.2) is 4.99 Å². The number of allylic oxidation sites excluding steroid dienone is 1. The molecule has 3 rings (SSSR count). The molecule has 32 heavy (non-hydrogen) atoms. The third-order valence-electron chi connectivity index (χ3n) is 5.73. The number of ether oxygens (including phenoxy) is 1. The first-order valence-electron chi connectivity index (χ1n) is 12.1. The highest BCUT2D eigenvalue weighted by atomic mass is 16.5. The summed E-state index contributed by atoms with van der Waals surface area (Å²) in [6.45, 7) is 2.61. The minimum Gasteiger partial charge on any atom is -0.492 e. The van der Waals surface area contributed by atoms with Gasteiger partial charge in [0.15, 0.2) is 0 Å². The zero-order valence-electron chi connectivity index (χ0n) is 19.3. The molecule has 2 aromatic heterocycles. The Morgan fingerprint density at radius 3 is 2.44 bits per heavy atom. The Kier molecular flexibility index (Phi) is 9.92. The first-order valence-corrected chi connectivity index (χ1v) is 12.1. The van der Waals surface area contributed by atoms with Crippen LogP contribution in [0, 0.1) is 11.3 Å². The Labute approximate surface area is 192 Å². The largest absolute Gasteiger partial charge is 0.492 e.